The Morgan fingerprint density at radius 2 is 1.44 bits per heavy atom. The van der Waals surface area contributed by atoms with Gasteiger partial charge in [-0.25, -0.2) is 14.6 Å². The molecule has 0 atom stereocenters. The summed E-state index contributed by atoms with van der Waals surface area (Å²) in [5, 5.41) is 4.75. The summed E-state index contributed by atoms with van der Waals surface area (Å²) in [6.07, 6.45) is 15.0. The number of hydrogen-bond donors (Lipinski definition) is 0. The fourth-order valence-electron chi connectivity index (χ4n) is 5.71. The van der Waals surface area contributed by atoms with Crippen molar-refractivity contribution in [2.45, 2.75) is 77.2 Å². The highest BCUT2D eigenvalue weighted by Crippen LogP contribution is 2.30. The third-order valence-corrected chi connectivity index (χ3v) is 7.99. The summed E-state index contributed by atoms with van der Waals surface area (Å²) in [5.74, 6) is 1.03. The number of fused-ring (bicyclic) bond motifs is 3. The molecule has 1 aliphatic heterocycles. The Balaban J connectivity index is 0.919. The summed E-state index contributed by atoms with van der Waals surface area (Å²) in [6, 6.07) is 12.0. The van der Waals surface area contributed by atoms with Crippen LogP contribution < -0.4 is 10.5 Å². The van der Waals surface area contributed by atoms with Crippen LogP contribution in [0.15, 0.2) is 53.6 Å². The second-order valence-electron chi connectivity index (χ2n) is 10.7. The summed E-state index contributed by atoms with van der Waals surface area (Å²) in [5.41, 5.74) is 4.59. The first-order chi connectivity index (χ1) is 19.2. The molecule has 2 aromatic heterocycles. The number of carbonyl (C=O) groups excluding carboxylic acids is 1. The minimum absolute atomic E-state index is 0.0229. The number of benzene rings is 1. The molecule has 3 aromatic rings. The number of rotatable bonds is 12. The summed E-state index contributed by atoms with van der Waals surface area (Å²) in [7, 11) is 0. The van der Waals surface area contributed by atoms with Crippen molar-refractivity contribution >= 4 is 11.9 Å². The molecule has 8 nitrogen and oxygen atoms in total. The van der Waals surface area contributed by atoms with Gasteiger partial charge in [0, 0.05) is 63.2 Å². The van der Waals surface area contributed by atoms with Gasteiger partial charge in [0.2, 0.25) is 11.9 Å². The van der Waals surface area contributed by atoms with Gasteiger partial charge in [0.05, 0.1) is 5.69 Å². The SMILES string of the molecule is O=C(CCCCCCCCCCn1nc2c(cc1=O)CCc1ccccc1-2)N1CCN(c2ncccn2)CC1. The van der Waals surface area contributed by atoms with Crippen LogP contribution in [-0.2, 0) is 24.2 Å². The standard InChI is InChI=1S/C31H40N6O2/c38-28(35-20-22-36(23-21-35)31-32-17-11-18-33-31)14-7-5-3-1-2-4-6-10-19-37-29(39)24-26-16-15-25-12-8-9-13-27(25)30(26)34-37/h8-9,11-13,17-18,24H,1-7,10,14-16,19-23H2. The van der Waals surface area contributed by atoms with Crippen LogP contribution in [0.5, 0.6) is 0 Å². The third-order valence-electron chi connectivity index (χ3n) is 7.99. The van der Waals surface area contributed by atoms with Gasteiger partial charge >= 0.3 is 0 Å². The van der Waals surface area contributed by atoms with Gasteiger partial charge in [-0.3, -0.25) is 9.59 Å². The van der Waals surface area contributed by atoms with Crippen molar-refractivity contribution in [2.75, 3.05) is 31.1 Å². The zero-order valence-electron chi connectivity index (χ0n) is 22.9. The van der Waals surface area contributed by atoms with Crippen molar-refractivity contribution in [3.8, 4) is 11.3 Å². The smallest absolute Gasteiger partial charge is 0.267 e. The van der Waals surface area contributed by atoms with E-state index in [1.165, 1.54) is 36.8 Å². The molecular formula is C31H40N6O2. The highest BCUT2D eigenvalue weighted by Gasteiger charge is 2.22. The maximum Gasteiger partial charge on any atom is 0.267 e. The third kappa shape index (κ3) is 7.11. The Morgan fingerprint density at radius 3 is 2.21 bits per heavy atom. The fourth-order valence-corrected chi connectivity index (χ4v) is 5.71. The van der Waals surface area contributed by atoms with Crippen molar-refractivity contribution < 1.29 is 4.79 Å². The Bertz CT molecular complexity index is 1280. The molecule has 1 saturated heterocycles. The normalized spacial score (nSPS) is 14.7. The average Bonchev–Trinajstić information content (AvgIpc) is 2.98. The summed E-state index contributed by atoms with van der Waals surface area (Å²) < 4.78 is 1.66. The maximum absolute atomic E-state index is 12.6. The lowest BCUT2D eigenvalue weighted by Crippen LogP contribution is -2.49. The molecule has 1 aliphatic carbocycles. The lowest BCUT2D eigenvalue weighted by atomic mass is 9.90. The topological polar surface area (TPSA) is 84.2 Å². The molecule has 8 heteroatoms. The molecule has 0 saturated carbocycles. The molecule has 39 heavy (non-hydrogen) atoms. The molecule has 0 N–H and O–H groups in total. The highest BCUT2D eigenvalue weighted by atomic mass is 16.2. The summed E-state index contributed by atoms with van der Waals surface area (Å²) in [4.78, 5) is 37.9. The van der Waals surface area contributed by atoms with Crippen molar-refractivity contribution in [3.05, 3.63) is 70.3 Å². The number of amides is 1. The molecular weight excluding hydrogens is 488 g/mol. The number of aromatic nitrogens is 4. The van der Waals surface area contributed by atoms with Gasteiger partial charge in [0.1, 0.15) is 0 Å². The predicted molar refractivity (Wildman–Crippen MR) is 154 cm³/mol. The molecule has 1 fully saturated rings. The van der Waals surface area contributed by atoms with Gasteiger partial charge < -0.3 is 9.80 Å². The fraction of sp³-hybridized carbons (Fsp3) is 0.516. The van der Waals surface area contributed by atoms with Gasteiger partial charge in [-0.2, -0.15) is 5.10 Å². The van der Waals surface area contributed by atoms with E-state index in [2.05, 4.69) is 33.1 Å². The molecule has 0 bridgehead atoms. The van der Waals surface area contributed by atoms with Crippen LogP contribution in [0.1, 0.15) is 68.9 Å². The average molecular weight is 529 g/mol. The zero-order chi connectivity index (χ0) is 26.9. The van der Waals surface area contributed by atoms with Crippen molar-refractivity contribution in [2.24, 2.45) is 0 Å². The first-order valence-corrected chi connectivity index (χ1v) is 14.7. The van der Waals surface area contributed by atoms with Crippen LogP contribution in [0, 0.1) is 0 Å². The van der Waals surface area contributed by atoms with Crippen LogP contribution in [0.4, 0.5) is 5.95 Å². The van der Waals surface area contributed by atoms with Crippen LogP contribution in [0.2, 0.25) is 0 Å². The van der Waals surface area contributed by atoms with Crippen LogP contribution in [-0.4, -0.2) is 56.7 Å². The van der Waals surface area contributed by atoms with E-state index in [0.717, 1.165) is 81.9 Å². The molecule has 3 heterocycles. The van der Waals surface area contributed by atoms with Crippen LogP contribution in [0.25, 0.3) is 11.3 Å². The van der Waals surface area contributed by atoms with E-state index in [-0.39, 0.29) is 11.5 Å². The zero-order valence-corrected chi connectivity index (χ0v) is 22.9. The number of nitrogens with zero attached hydrogens (tertiary/aromatic N) is 6. The molecule has 1 aromatic carbocycles. The number of piperazine rings is 1. The molecule has 5 rings (SSSR count). The van der Waals surface area contributed by atoms with E-state index in [4.69, 9.17) is 5.10 Å². The second kappa shape index (κ2) is 13.5. The van der Waals surface area contributed by atoms with Gasteiger partial charge in [0.25, 0.3) is 5.56 Å². The van der Waals surface area contributed by atoms with Gasteiger partial charge in [-0.05, 0) is 42.9 Å². The first kappa shape index (κ1) is 27.0. The minimum atomic E-state index is 0.0229. The second-order valence-corrected chi connectivity index (χ2v) is 10.7. The van der Waals surface area contributed by atoms with E-state index in [1.54, 1.807) is 23.1 Å². The Morgan fingerprint density at radius 1 is 0.769 bits per heavy atom. The quantitative estimate of drug-likeness (QED) is 0.318. The van der Waals surface area contributed by atoms with Crippen molar-refractivity contribution in [1.29, 1.82) is 0 Å². The predicted octanol–water partition coefficient (Wildman–Crippen LogP) is 4.66. The van der Waals surface area contributed by atoms with E-state index in [1.807, 2.05) is 17.0 Å². The van der Waals surface area contributed by atoms with E-state index >= 15 is 0 Å². The van der Waals surface area contributed by atoms with Gasteiger partial charge in [-0.15, -0.1) is 0 Å². The summed E-state index contributed by atoms with van der Waals surface area (Å²) >= 11 is 0. The van der Waals surface area contributed by atoms with Crippen molar-refractivity contribution in [3.63, 3.8) is 0 Å². The highest BCUT2D eigenvalue weighted by molar-refractivity contribution is 5.76. The maximum atomic E-state index is 12.6. The van der Waals surface area contributed by atoms with Gasteiger partial charge in [-0.1, -0.05) is 62.8 Å². The molecule has 0 unspecified atom stereocenters. The lowest BCUT2D eigenvalue weighted by molar-refractivity contribution is -0.131. The number of carbonyl (C=O) groups is 1. The van der Waals surface area contributed by atoms with Gasteiger partial charge in [0.15, 0.2) is 0 Å². The molecule has 0 radical (unpaired) electrons. The van der Waals surface area contributed by atoms with Crippen LogP contribution >= 0.6 is 0 Å². The monoisotopic (exact) mass is 528 g/mol. The number of unbranched alkanes of at least 4 members (excludes halogenated alkanes) is 7. The number of hydrogen-bond acceptors (Lipinski definition) is 6. The molecule has 1 amide bonds. The van der Waals surface area contributed by atoms with E-state index in [0.29, 0.717) is 13.0 Å². The minimum Gasteiger partial charge on any atom is -0.339 e. The Hall–Kier alpha value is -3.55. The molecule has 0 spiro atoms. The Labute approximate surface area is 231 Å². The largest absolute Gasteiger partial charge is 0.339 e. The lowest BCUT2D eigenvalue weighted by Gasteiger charge is -2.34. The number of aryl methyl sites for hydroxylation is 3. The van der Waals surface area contributed by atoms with Crippen LogP contribution in [0.3, 0.4) is 0 Å². The van der Waals surface area contributed by atoms with E-state index in [9.17, 15) is 9.59 Å². The van der Waals surface area contributed by atoms with E-state index < -0.39 is 0 Å². The molecule has 206 valence electrons. The summed E-state index contributed by atoms with van der Waals surface area (Å²) in [6.45, 7) is 3.76. The Kier molecular flexibility index (Phi) is 9.35. The first-order valence-electron chi connectivity index (χ1n) is 14.7. The molecule has 2 aliphatic rings. The number of anilines is 1. The van der Waals surface area contributed by atoms with Crippen molar-refractivity contribution in [1.82, 2.24) is 24.6 Å².